The van der Waals surface area contributed by atoms with Gasteiger partial charge in [0.2, 0.25) is 0 Å². The van der Waals surface area contributed by atoms with E-state index in [2.05, 4.69) is 48.5 Å². The Labute approximate surface area is 575 Å². The van der Waals surface area contributed by atoms with Crippen molar-refractivity contribution >= 4 is 39.5 Å². The largest absolute Gasteiger partial charge is 0.472 e. The van der Waals surface area contributed by atoms with Gasteiger partial charge in [0.15, 0.2) is 12.2 Å². The number of phosphoric acid groups is 2. The molecule has 7 atom stereocenters. The maximum Gasteiger partial charge on any atom is 0.472 e. The Hall–Kier alpha value is -1.94. The maximum absolute atomic E-state index is 13.1. The summed E-state index contributed by atoms with van der Waals surface area (Å²) in [5.41, 5.74) is 0. The molecule has 0 aliphatic heterocycles. The molecule has 17 nitrogen and oxygen atoms in total. The average Bonchev–Trinajstić information content (AvgIpc) is 2.14. The molecule has 94 heavy (non-hydrogen) atoms. The molecule has 0 aromatic carbocycles. The summed E-state index contributed by atoms with van der Waals surface area (Å²) in [5.74, 6) is 0.260. The number of hydrogen-bond donors (Lipinski definition) is 3. The Balaban J connectivity index is 5.16. The van der Waals surface area contributed by atoms with E-state index in [1.807, 2.05) is 0 Å². The fourth-order valence-corrected chi connectivity index (χ4v) is 12.9. The van der Waals surface area contributed by atoms with Crippen molar-refractivity contribution in [2.75, 3.05) is 39.6 Å². The molecule has 0 fully saturated rings. The number of aliphatic hydroxyl groups is 1. The van der Waals surface area contributed by atoms with Crippen LogP contribution in [0.25, 0.3) is 0 Å². The molecule has 0 heterocycles. The second kappa shape index (κ2) is 65.7. The molecule has 558 valence electrons. The predicted octanol–water partition coefficient (Wildman–Crippen LogP) is 21.8. The zero-order valence-electron chi connectivity index (χ0n) is 61.4. The minimum absolute atomic E-state index is 0.105. The van der Waals surface area contributed by atoms with E-state index in [-0.39, 0.29) is 25.7 Å². The van der Waals surface area contributed by atoms with Gasteiger partial charge < -0.3 is 33.8 Å². The Morgan fingerprint density at radius 3 is 0.809 bits per heavy atom. The molecule has 0 spiro atoms. The molecule has 0 saturated carbocycles. The van der Waals surface area contributed by atoms with Gasteiger partial charge >= 0.3 is 39.5 Å². The third-order valence-electron chi connectivity index (χ3n) is 18.1. The van der Waals surface area contributed by atoms with Crippen LogP contribution in [0.3, 0.4) is 0 Å². The Bertz CT molecular complexity index is 1840. The van der Waals surface area contributed by atoms with Crippen molar-refractivity contribution in [1.29, 1.82) is 0 Å². The van der Waals surface area contributed by atoms with Crippen molar-refractivity contribution in [2.24, 2.45) is 17.8 Å². The maximum atomic E-state index is 13.1. The van der Waals surface area contributed by atoms with E-state index in [1.165, 1.54) is 186 Å². The van der Waals surface area contributed by atoms with Crippen LogP contribution in [0.15, 0.2) is 0 Å². The van der Waals surface area contributed by atoms with Crippen LogP contribution in [0.4, 0.5) is 0 Å². The number of aliphatic hydroxyl groups excluding tert-OH is 1. The van der Waals surface area contributed by atoms with Crippen LogP contribution in [-0.2, 0) is 65.4 Å². The fourth-order valence-electron chi connectivity index (χ4n) is 11.4. The number of rotatable bonds is 73. The SMILES string of the molecule is CCCCCCCCCCC(=O)OC[C@H](COP(=O)(O)OC[C@H](O)COP(=O)(O)OC[C@@H](COC(=O)CCCCCCCCCCCC(C)C)OC(=O)CCCCCCCCCCCCCCCCCCCCC(C)CC)OC(=O)CCCCCCCCCCC(C)CC. The van der Waals surface area contributed by atoms with Gasteiger partial charge in [-0.25, -0.2) is 9.13 Å². The fraction of sp³-hybridized carbons (Fsp3) is 0.947. The average molecular weight is 1380 g/mol. The predicted molar refractivity (Wildman–Crippen MR) is 381 cm³/mol. The second-order valence-corrected chi connectivity index (χ2v) is 30.9. The van der Waals surface area contributed by atoms with Gasteiger partial charge in [0.1, 0.15) is 19.3 Å². The van der Waals surface area contributed by atoms with Crippen molar-refractivity contribution in [3.05, 3.63) is 0 Å². The first-order valence-corrected chi connectivity index (χ1v) is 41.9. The van der Waals surface area contributed by atoms with Crippen LogP contribution >= 0.6 is 15.6 Å². The highest BCUT2D eigenvalue weighted by atomic mass is 31.2. The molecule has 0 amide bonds. The zero-order chi connectivity index (χ0) is 69.4. The minimum Gasteiger partial charge on any atom is -0.462 e. The third kappa shape index (κ3) is 66.0. The van der Waals surface area contributed by atoms with Crippen LogP contribution in [0.1, 0.15) is 382 Å². The summed E-state index contributed by atoms with van der Waals surface area (Å²) in [4.78, 5) is 72.6. The summed E-state index contributed by atoms with van der Waals surface area (Å²) in [5, 5.41) is 10.6. The summed E-state index contributed by atoms with van der Waals surface area (Å²) in [6.45, 7) is 11.9. The van der Waals surface area contributed by atoms with Gasteiger partial charge in [-0.2, -0.15) is 0 Å². The lowest BCUT2D eigenvalue weighted by Crippen LogP contribution is -2.30. The lowest BCUT2D eigenvalue weighted by Gasteiger charge is -2.21. The number of phosphoric ester groups is 2. The van der Waals surface area contributed by atoms with Crippen molar-refractivity contribution in [2.45, 2.75) is 401 Å². The molecule has 3 N–H and O–H groups in total. The van der Waals surface area contributed by atoms with Crippen LogP contribution in [-0.4, -0.2) is 96.7 Å². The normalized spacial score (nSPS) is 14.7. The highest BCUT2D eigenvalue weighted by molar-refractivity contribution is 7.47. The smallest absolute Gasteiger partial charge is 0.462 e. The van der Waals surface area contributed by atoms with Gasteiger partial charge in [-0.15, -0.1) is 0 Å². The summed E-state index contributed by atoms with van der Waals surface area (Å²) >= 11 is 0. The molecule has 0 aromatic rings. The van der Waals surface area contributed by atoms with E-state index in [9.17, 15) is 43.2 Å². The Morgan fingerprint density at radius 2 is 0.543 bits per heavy atom. The summed E-state index contributed by atoms with van der Waals surface area (Å²) in [6.07, 6.45) is 51.4. The highest BCUT2D eigenvalue weighted by Gasteiger charge is 2.30. The molecule has 19 heteroatoms. The lowest BCUT2D eigenvalue weighted by atomic mass is 9.99. The highest BCUT2D eigenvalue weighted by Crippen LogP contribution is 2.45. The molecule has 0 radical (unpaired) electrons. The molecule has 0 aliphatic rings. The number of carbonyl (C=O) groups excluding carboxylic acids is 4. The summed E-state index contributed by atoms with van der Waals surface area (Å²) in [7, 11) is -9.91. The third-order valence-corrected chi connectivity index (χ3v) is 20.0. The number of carbonyl (C=O) groups is 4. The van der Waals surface area contributed by atoms with Crippen molar-refractivity contribution in [3.8, 4) is 0 Å². The summed E-state index contributed by atoms with van der Waals surface area (Å²) < 4.78 is 68.4. The number of esters is 4. The van der Waals surface area contributed by atoms with Crippen molar-refractivity contribution in [1.82, 2.24) is 0 Å². The zero-order valence-corrected chi connectivity index (χ0v) is 63.2. The molecular formula is C75H146O17P2. The number of unbranched alkanes of at least 4 members (excludes halogenated alkanes) is 39. The Kier molecular flexibility index (Phi) is 64.3. The van der Waals surface area contributed by atoms with Crippen LogP contribution in [0.2, 0.25) is 0 Å². The van der Waals surface area contributed by atoms with Gasteiger partial charge in [0, 0.05) is 25.7 Å². The first-order chi connectivity index (χ1) is 45.3. The first kappa shape index (κ1) is 92.1. The van der Waals surface area contributed by atoms with Gasteiger partial charge in [-0.3, -0.25) is 37.3 Å². The summed E-state index contributed by atoms with van der Waals surface area (Å²) in [6, 6.07) is 0. The van der Waals surface area contributed by atoms with E-state index >= 15 is 0 Å². The molecule has 0 saturated heterocycles. The molecule has 0 aromatic heterocycles. The number of hydrogen-bond acceptors (Lipinski definition) is 15. The minimum atomic E-state index is -4.96. The molecule has 4 unspecified atom stereocenters. The van der Waals surface area contributed by atoms with Gasteiger partial charge in [0.25, 0.3) is 0 Å². The van der Waals surface area contributed by atoms with E-state index in [0.717, 1.165) is 114 Å². The lowest BCUT2D eigenvalue weighted by molar-refractivity contribution is -0.161. The van der Waals surface area contributed by atoms with Crippen molar-refractivity contribution in [3.63, 3.8) is 0 Å². The topological polar surface area (TPSA) is 237 Å². The molecule has 0 bridgehead atoms. The number of ether oxygens (including phenoxy) is 4. The second-order valence-electron chi connectivity index (χ2n) is 28.0. The van der Waals surface area contributed by atoms with E-state index in [0.29, 0.717) is 25.7 Å². The molecular weight excluding hydrogens is 1230 g/mol. The quantitative estimate of drug-likeness (QED) is 0.0222. The van der Waals surface area contributed by atoms with E-state index in [1.54, 1.807) is 0 Å². The van der Waals surface area contributed by atoms with E-state index in [4.69, 9.17) is 37.0 Å². The van der Waals surface area contributed by atoms with Crippen LogP contribution in [0, 0.1) is 17.8 Å². The van der Waals surface area contributed by atoms with Crippen LogP contribution in [0.5, 0.6) is 0 Å². The first-order valence-electron chi connectivity index (χ1n) is 38.9. The van der Waals surface area contributed by atoms with Gasteiger partial charge in [-0.1, -0.05) is 331 Å². The Morgan fingerprint density at radius 1 is 0.309 bits per heavy atom. The van der Waals surface area contributed by atoms with Crippen molar-refractivity contribution < 1.29 is 80.2 Å². The van der Waals surface area contributed by atoms with Gasteiger partial charge in [0.05, 0.1) is 26.4 Å². The van der Waals surface area contributed by atoms with Crippen LogP contribution < -0.4 is 0 Å². The monoisotopic (exact) mass is 1380 g/mol. The van der Waals surface area contributed by atoms with Gasteiger partial charge in [-0.05, 0) is 43.4 Å². The molecule has 0 rings (SSSR count). The standard InChI is InChI=1S/C75H146O17P2/c1-8-11-12-13-14-35-42-49-56-72(77)85-62-70(92-75(80)59-52-45-38-31-30-34-41-48-55-68(7)10-3)64-89-93(81,82)87-60-69(76)61-88-94(83,84)90-65-71(63-86-73(78)57-50-43-36-29-25-26-32-39-46-53-66(4)5)91-74(79)58-51-44-37-28-24-22-20-18-16-15-17-19-21-23-27-33-40-47-54-67(6)9-2/h66-71,76H,8-65H2,1-7H3,(H,81,82)(H,83,84)/t67?,68?,69-,70+,71+/m0/s1. The van der Waals surface area contributed by atoms with E-state index < -0.39 is 97.5 Å². The molecule has 0 aliphatic carbocycles.